The number of nitrogens with one attached hydrogen (secondary N) is 1. The summed E-state index contributed by atoms with van der Waals surface area (Å²) >= 11 is 0. The first kappa shape index (κ1) is 30.9. The van der Waals surface area contributed by atoms with Crippen LogP contribution in [0.5, 0.6) is 0 Å². The monoisotopic (exact) mass is 605 g/mol. The lowest BCUT2D eigenvalue weighted by Gasteiger charge is -2.37. The highest BCUT2D eigenvalue weighted by Gasteiger charge is 2.47. The van der Waals surface area contributed by atoms with Crippen LogP contribution in [0.3, 0.4) is 0 Å². The van der Waals surface area contributed by atoms with Crippen LogP contribution in [0.4, 0.5) is 31.1 Å². The van der Waals surface area contributed by atoms with E-state index < -0.39 is 35.2 Å². The smallest absolute Gasteiger partial charge is 0.416 e. The molecule has 0 radical (unpaired) electrons. The molecule has 4 fully saturated rings. The van der Waals surface area contributed by atoms with E-state index in [0.717, 1.165) is 57.3 Å². The highest BCUT2D eigenvalue weighted by molar-refractivity contribution is 5.78. The number of carbonyl (C=O) groups excluding carboxylic acids is 2. The van der Waals surface area contributed by atoms with Gasteiger partial charge >= 0.3 is 18.4 Å². The van der Waals surface area contributed by atoms with E-state index in [0.29, 0.717) is 45.6 Å². The predicted molar refractivity (Wildman–Crippen MR) is 139 cm³/mol. The summed E-state index contributed by atoms with van der Waals surface area (Å²) in [5.74, 6) is 0.293. The van der Waals surface area contributed by atoms with Crippen molar-refractivity contribution >= 4 is 12.0 Å². The Balaban J connectivity index is 1.09. The molecule has 0 bridgehead atoms. The largest absolute Gasteiger partial charge is 0.441 e. The molecule has 3 aliphatic heterocycles. The minimum absolute atomic E-state index is 0.0344. The van der Waals surface area contributed by atoms with Gasteiger partial charge in [-0.3, -0.25) is 9.69 Å². The Morgan fingerprint density at radius 3 is 2.17 bits per heavy atom. The van der Waals surface area contributed by atoms with Crippen molar-refractivity contribution in [1.82, 2.24) is 15.1 Å². The average molecular weight is 606 g/mol. The van der Waals surface area contributed by atoms with Crippen molar-refractivity contribution in [3.8, 4) is 0 Å². The summed E-state index contributed by atoms with van der Waals surface area (Å²) in [4.78, 5) is 28.8. The lowest BCUT2D eigenvalue weighted by Crippen LogP contribution is -2.47. The molecule has 1 spiro atoms. The first-order valence-electron chi connectivity index (χ1n) is 14.7. The molecule has 234 valence electrons. The molecule has 13 heteroatoms. The van der Waals surface area contributed by atoms with Gasteiger partial charge in [0, 0.05) is 58.1 Å². The summed E-state index contributed by atoms with van der Waals surface area (Å²) in [5.41, 5.74) is -3.42. The molecule has 2 amide bonds. The van der Waals surface area contributed by atoms with Crippen molar-refractivity contribution in [1.29, 1.82) is 0 Å². The maximum atomic E-state index is 13.2. The van der Waals surface area contributed by atoms with E-state index in [9.17, 15) is 35.9 Å². The number of piperidine rings is 1. The summed E-state index contributed by atoms with van der Waals surface area (Å²) in [5, 5.41) is 3.01. The third-order valence-corrected chi connectivity index (χ3v) is 9.09. The zero-order valence-electron chi connectivity index (χ0n) is 23.4. The molecule has 1 atom stereocenters. The highest BCUT2D eigenvalue weighted by Crippen LogP contribution is 2.39. The van der Waals surface area contributed by atoms with Gasteiger partial charge in [0.05, 0.1) is 23.8 Å². The number of nitrogens with zero attached hydrogens (tertiary/aromatic N) is 2. The quantitative estimate of drug-likeness (QED) is 0.409. The zero-order chi connectivity index (χ0) is 30.1. The maximum Gasteiger partial charge on any atom is 0.416 e. The van der Waals surface area contributed by atoms with Crippen LogP contribution >= 0.6 is 0 Å². The maximum absolute atomic E-state index is 13.2. The molecular formula is C29H37F6N3O4. The summed E-state index contributed by atoms with van der Waals surface area (Å²) in [6.07, 6.45) is -4.00. The summed E-state index contributed by atoms with van der Waals surface area (Å²) < 4.78 is 90.8. The van der Waals surface area contributed by atoms with Crippen molar-refractivity contribution in [2.75, 3.05) is 39.3 Å². The van der Waals surface area contributed by atoms with Crippen LogP contribution in [0.25, 0.3) is 0 Å². The number of amides is 2. The molecule has 1 saturated carbocycles. The molecule has 3 saturated heterocycles. The van der Waals surface area contributed by atoms with E-state index in [4.69, 9.17) is 9.47 Å². The second kappa shape index (κ2) is 12.2. The number of likely N-dealkylation sites (tertiary alicyclic amines) is 1. The first-order chi connectivity index (χ1) is 19.8. The van der Waals surface area contributed by atoms with E-state index >= 15 is 0 Å². The first-order valence-corrected chi connectivity index (χ1v) is 14.7. The predicted octanol–water partition coefficient (Wildman–Crippen LogP) is 5.61. The van der Waals surface area contributed by atoms with Gasteiger partial charge in [-0.25, -0.2) is 4.79 Å². The lowest BCUT2D eigenvalue weighted by atomic mass is 9.81. The number of hydrogen-bond acceptors (Lipinski definition) is 5. The van der Waals surface area contributed by atoms with Crippen molar-refractivity contribution in [2.45, 2.75) is 82.0 Å². The average Bonchev–Trinajstić information content (AvgIpc) is 3.56. The number of benzene rings is 1. The van der Waals surface area contributed by atoms with Crippen LogP contribution in [-0.2, 0) is 33.2 Å². The topological polar surface area (TPSA) is 71.1 Å². The molecule has 4 aliphatic rings. The summed E-state index contributed by atoms with van der Waals surface area (Å²) in [7, 11) is 0. The van der Waals surface area contributed by atoms with Crippen molar-refractivity contribution < 1.29 is 45.4 Å². The van der Waals surface area contributed by atoms with E-state index in [2.05, 4.69) is 5.32 Å². The van der Waals surface area contributed by atoms with Gasteiger partial charge < -0.3 is 19.7 Å². The Hall–Kier alpha value is -2.54. The lowest BCUT2D eigenvalue weighted by molar-refractivity contribution is -0.143. The fourth-order valence-electron chi connectivity index (χ4n) is 6.66. The molecule has 1 N–H and O–H groups in total. The van der Waals surface area contributed by atoms with Gasteiger partial charge in [0.1, 0.15) is 5.60 Å². The second-order valence-electron chi connectivity index (χ2n) is 12.2. The Morgan fingerprint density at radius 2 is 1.60 bits per heavy atom. The molecule has 1 unspecified atom stereocenters. The van der Waals surface area contributed by atoms with Crippen LogP contribution in [0.1, 0.15) is 68.1 Å². The zero-order valence-corrected chi connectivity index (χ0v) is 23.4. The normalized spacial score (nSPS) is 27.0. The molecular weight excluding hydrogens is 568 g/mol. The molecule has 5 rings (SSSR count). The van der Waals surface area contributed by atoms with E-state index in [1.807, 2.05) is 0 Å². The Morgan fingerprint density at radius 1 is 0.952 bits per heavy atom. The number of ether oxygens (including phenoxy) is 2. The van der Waals surface area contributed by atoms with Crippen LogP contribution in [0.2, 0.25) is 0 Å². The minimum Gasteiger partial charge on any atom is -0.441 e. The second-order valence-corrected chi connectivity index (χ2v) is 12.2. The molecule has 1 aliphatic carbocycles. The number of hydrogen-bond donors (Lipinski definition) is 1. The van der Waals surface area contributed by atoms with Gasteiger partial charge in [-0.05, 0) is 68.2 Å². The molecule has 3 heterocycles. The van der Waals surface area contributed by atoms with Gasteiger partial charge in [0.25, 0.3) is 0 Å². The summed E-state index contributed by atoms with van der Waals surface area (Å²) in [6, 6.07) is 1.66. The molecule has 7 nitrogen and oxygen atoms in total. The van der Waals surface area contributed by atoms with Crippen LogP contribution in [0, 0.1) is 11.8 Å². The highest BCUT2D eigenvalue weighted by atomic mass is 19.4. The van der Waals surface area contributed by atoms with Gasteiger partial charge in [-0.15, -0.1) is 0 Å². The van der Waals surface area contributed by atoms with Crippen LogP contribution in [0.15, 0.2) is 18.2 Å². The van der Waals surface area contributed by atoms with Gasteiger partial charge in [-0.1, -0.05) is 0 Å². The third-order valence-electron chi connectivity index (χ3n) is 9.09. The fourth-order valence-corrected chi connectivity index (χ4v) is 6.66. The molecule has 42 heavy (non-hydrogen) atoms. The van der Waals surface area contributed by atoms with Gasteiger partial charge in [0.2, 0.25) is 5.91 Å². The van der Waals surface area contributed by atoms with Crippen molar-refractivity contribution in [3.05, 3.63) is 34.9 Å². The Kier molecular flexibility index (Phi) is 8.99. The van der Waals surface area contributed by atoms with E-state index in [-0.39, 0.29) is 42.0 Å². The number of halogens is 6. The number of carbonyl (C=O) groups is 2. The molecule has 0 aromatic heterocycles. The van der Waals surface area contributed by atoms with Gasteiger partial charge in [0.15, 0.2) is 0 Å². The standard InChI is InChI=1S/C29H37F6N3O4/c30-28(31,32)22-12-20(13-23(14-22)29(33,34)35)16-37-9-7-27(8-10-37)18-38(26(40)42-27)17-19-3-5-21(6-4-19)25(39)36-15-24-2-1-11-41-24/h12-14,19,21,24H,1-11,15-18H2,(H,36,39). The number of rotatable bonds is 7. The van der Waals surface area contributed by atoms with E-state index in [1.165, 1.54) is 0 Å². The van der Waals surface area contributed by atoms with Crippen molar-refractivity contribution in [2.24, 2.45) is 11.8 Å². The fraction of sp³-hybridized carbons (Fsp3) is 0.724. The van der Waals surface area contributed by atoms with Crippen molar-refractivity contribution in [3.63, 3.8) is 0 Å². The minimum atomic E-state index is -4.89. The third kappa shape index (κ3) is 7.50. The van der Waals surface area contributed by atoms with E-state index in [1.54, 1.807) is 9.80 Å². The van der Waals surface area contributed by atoms with Gasteiger partial charge in [-0.2, -0.15) is 26.3 Å². The molecule has 1 aromatic rings. The number of alkyl halides is 6. The Bertz CT molecular complexity index is 1090. The summed E-state index contributed by atoms with van der Waals surface area (Å²) in [6.45, 7) is 2.94. The Labute approximate surface area is 240 Å². The SMILES string of the molecule is O=C(NCC1CCCO1)C1CCC(CN2CC3(CCN(Cc4cc(C(F)(F)F)cc(C(F)(F)F)c4)CC3)OC2=O)CC1. The van der Waals surface area contributed by atoms with Crippen LogP contribution < -0.4 is 5.32 Å². The molecule has 1 aromatic carbocycles. The van der Waals surface area contributed by atoms with Crippen LogP contribution in [-0.4, -0.2) is 72.8 Å².